The second-order valence-corrected chi connectivity index (χ2v) is 5.13. The number of carbonyl (C=O) groups excluding carboxylic acids is 1. The molecule has 0 spiro atoms. The lowest BCUT2D eigenvalue weighted by Gasteiger charge is -2.11. The molecule has 0 aliphatic heterocycles. The lowest BCUT2D eigenvalue weighted by Crippen LogP contribution is -2.28. The van der Waals surface area contributed by atoms with Gasteiger partial charge in [-0.25, -0.2) is 14.8 Å². The molecule has 3 rings (SSSR count). The van der Waals surface area contributed by atoms with Crippen LogP contribution in [0, 0.1) is 6.92 Å². The van der Waals surface area contributed by atoms with Crippen molar-refractivity contribution in [2.75, 3.05) is 5.32 Å². The quantitative estimate of drug-likeness (QED) is 0.778. The Bertz CT molecular complexity index is 781. The van der Waals surface area contributed by atoms with Crippen LogP contribution < -0.4 is 10.6 Å². The predicted molar refractivity (Wildman–Crippen MR) is 88.4 cm³/mol. The van der Waals surface area contributed by atoms with Crippen molar-refractivity contribution in [2.45, 2.75) is 13.5 Å². The molecule has 1 aromatic carbocycles. The van der Waals surface area contributed by atoms with Crippen molar-refractivity contribution in [3.63, 3.8) is 0 Å². The van der Waals surface area contributed by atoms with Gasteiger partial charge in [-0.15, -0.1) is 0 Å². The summed E-state index contributed by atoms with van der Waals surface area (Å²) < 4.78 is 1.91. The van der Waals surface area contributed by atoms with Gasteiger partial charge in [-0.05, 0) is 30.2 Å². The summed E-state index contributed by atoms with van der Waals surface area (Å²) in [4.78, 5) is 20.2. The largest absolute Gasteiger partial charge is 0.334 e. The first-order valence-corrected chi connectivity index (χ1v) is 7.26. The van der Waals surface area contributed by atoms with Gasteiger partial charge in [0.05, 0.1) is 12.0 Å². The second-order valence-electron chi connectivity index (χ2n) is 5.13. The van der Waals surface area contributed by atoms with Crippen LogP contribution in [0.15, 0.2) is 61.3 Å². The topological polar surface area (TPSA) is 71.8 Å². The van der Waals surface area contributed by atoms with Crippen molar-refractivity contribution in [2.24, 2.45) is 0 Å². The van der Waals surface area contributed by atoms with Crippen molar-refractivity contribution >= 4 is 11.8 Å². The fourth-order valence-electron chi connectivity index (χ4n) is 2.19. The Labute approximate surface area is 134 Å². The molecule has 0 radical (unpaired) electrons. The minimum absolute atomic E-state index is 0.290. The molecule has 6 heteroatoms. The summed E-state index contributed by atoms with van der Waals surface area (Å²) in [5.41, 5.74) is 3.03. The predicted octanol–water partition coefficient (Wildman–Crippen LogP) is 2.90. The molecule has 116 valence electrons. The lowest BCUT2D eigenvalue weighted by atomic mass is 10.1. The highest BCUT2D eigenvalue weighted by Crippen LogP contribution is 2.13. The number of anilines is 1. The zero-order valence-electron chi connectivity index (χ0n) is 12.7. The van der Waals surface area contributed by atoms with Crippen molar-refractivity contribution in [1.29, 1.82) is 0 Å². The van der Waals surface area contributed by atoms with Crippen molar-refractivity contribution in [3.8, 4) is 5.69 Å². The molecule has 23 heavy (non-hydrogen) atoms. The van der Waals surface area contributed by atoms with E-state index in [4.69, 9.17) is 0 Å². The van der Waals surface area contributed by atoms with Crippen LogP contribution >= 0.6 is 0 Å². The van der Waals surface area contributed by atoms with E-state index in [-0.39, 0.29) is 6.03 Å². The van der Waals surface area contributed by atoms with Crippen LogP contribution in [0.25, 0.3) is 5.69 Å². The Morgan fingerprint density at radius 1 is 1.22 bits per heavy atom. The van der Waals surface area contributed by atoms with E-state index in [1.165, 1.54) is 0 Å². The number of rotatable bonds is 4. The lowest BCUT2D eigenvalue weighted by molar-refractivity contribution is 0.251. The van der Waals surface area contributed by atoms with Gasteiger partial charge in [0.1, 0.15) is 5.82 Å². The molecule has 0 aliphatic carbocycles. The average Bonchev–Trinajstić information content (AvgIpc) is 3.10. The number of aryl methyl sites for hydroxylation is 1. The number of amides is 2. The molecule has 0 atom stereocenters. The number of carbonyl (C=O) groups is 1. The fourth-order valence-corrected chi connectivity index (χ4v) is 2.19. The molecule has 3 aromatic rings. The minimum atomic E-state index is -0.290. The average molecular weight is 307 g/mol. The van der Waals surface area contributed by atoms with Crippen molar-refractivity contribution < 1.29 is 4.79 Å². The van der Waals surface area contributed by atoms with E-state index >= 15 is 0 Å². The van der Waals surface area contributed by atoms with E-state index < -0.39 is 0 Å². The standard InChI is InChI=1S/C17H17N5O/c1-13-6-7-16(19-10-13)21-17(23)20-11-14-4-2-3-5-15(14)22-9-8-18-12-22/h2-10,12H,11H2,1H3,(H2,19,20,21,23). The van der Waals surface area contributed by atoms with Gasteiger partial charge in [-0.2, -0.15) is 0 Å². The van der Waals surface area contributed by atoms with Crippen LogP contribution in [0.2, 0.25) is 0 Å². The van der Waals surface area contributed by atoms with Gasteiger partial charge < -0.3 is 9.88 Å². The van der Waals surface area contributed by atoms with Crippen LogP contribution in [-0.4, -0.2) is 20.6 Å². The molecular weight excluding hydrogens is 290 g/mol. The highest BCUT2D eigenvalue weighted by Gasteiger charge is 2.06. The molecule has 0 bridgehead atoms. The molecular formula is C17H17N5O. The van der Waals surface area contributed by atoms with Crippen molar-refractivity contribution in [3.05, 3.63) is 72.4 Å². The molecule has 0 unspecified atom stereocenters. The summed E-state index contributed by atoms with van der Waals surface area (Å²) in [5.74, 6) is 0.524. The van der Waals surface area contributed by atoms with Gasteiger partial charge in [0.2, 0.25) is 0 Å². The van der Waals surface area contributed by atoms with Gasteiger partial charge in [0.25, 0.3) is 0 Å². The number of benzene rings is 1. The normalized spacial score (nSPS) is 10.3. The zero-order valence-corrected chi connectivity index (χ0v) is 12.7. The molecule has 0 fully saturated rings. The monoisotopic (exact) mass is 307 g/mol. The third-order valence-electron chi connectivity index (χ3n) is 3.37. The van der Waals surface area contributed by atoms with Crippen LogP contribution in [0.1, 0.15) is 11.1 Å². The van der Waals surface area contributed by atoms with E-state index in [1.807, 2.05) is 48.0 Å². The summed E-state index contributed by atoms with van der Waals surface area (Å²) in [6, 6.07) is 11.2. The molecule has 2 heterocycles. The number of hydrogen-bond acceptors (Lipinski definition) is 3. The van der Waals surface area contributed by atoms with Crippen molar-refractivity contribution in [1.82, 2.24) is 19.9 Å². The summed E-state index contributed by atoms with van der Waals surface area (Å²) in [6.45, 7) is 2.36. The maximum atomic E-state index is 12.0. The number of imidazole rings is 1. The first-order valence-electron chi connectivity index (χ1n) is 7.26. The number of para-hydroxylation sites is 1. The van der Waals surface area contributed by atoms with E-state index in [9.17, 15) is 4.79 Å². The third-order valence-corrected chi connectivity index (χ3v) is 3.37. The minimum Gasteiger partial charge on any atom is -0.334 e. The van der Waals surface area contributed by atoms with E-state index in [2.05, 4.69) is 20.6 Å². The molecule has 0 saturated carbocycles. The molecule has 2 amide bonds. The Morgan fingerprint density at radius 2 is 2.09 bits per heavy atom. The van der Waals surface area contributed by atoms with E-state index in [0.717, 1.165) is 16.8 Å². The third kappa shape index (κ3) is 3.74. The molecule has 0 aliphatic rings. The Kier molecular flexibility index (Phi) is 4.33. The molecule has 0 saturated heterocycles. The number of urea groups is 1. The summed E-state index contributed by atoms with van der Waals surface area (Å²) in [6.07, 6.45) is 7.04. The van der Waals surface area contributed by atoms with Crippen LogP contribution in [0.4, 0.5) is 10.6 Å². The van der Waals surface area contributed by atoms with E-state index in [0.29, 0.717) is 12.4 Å². The zero-order chi connectivity index (χ0) is 16.1. The summed E-state index contributed by atoms with van der Waals surface area (Å²) >= 11 is 0. The highest BCUT2D eigenvalue weighted by atomic mass is 16.2. The highest BCUT2D eigenvalue weighted by molar-refractivity contribution is 5.88. The van der Waals surface area contributed by atoms with E-state index in [1.54, 1.807) is 24.8 Å². The maximum absolute atomic E-state index is 12.0. The van der Waals surface area contributed by atoms with Gasteiger partial charge in [0, 0.05) is 25.1 Å². The summed E-state index contributed by atoms with van der Waals surface area (Å²) in [5, 5.41) is 5.55. The van der Waals surface area contributed by atoms with Gasteiger partial charge in [0.15, 0.2) is 0 Å². The first kappa shape index (κ1) is 14.8. The SMILES string of the molecule is Cc1ccc(NC(=O)NCc2ccccc2-n2ccnc2)nc1. The number of pyridine rings is 1. The number of nitrogens with one attached hydrogen (secondary N) is 2. The van der Waals surface area contributed by atoms with Gasteiger partial charge in [-0.3, -0.25) is 5.32 Å². The smallest absolute Gasteiger partial charge is 0.320 e. The molecule has 6 nitrogen and oxygen atoms in total. The molecule has 2 aromatic heterocycles. The number of aromatic nitrogens is 3. The number of nitrogens with zero attached hydrogens (tertiary/aromatic N) is 3. The number of hydrogen-bond donors (Lipinski definition) is 2. The van der Waals surface area contributed by atoms with Gasteiger partial charge >= 0.3 is 6.03 Å². The van der Waals surface area contributed by atoms with Crippen LogP contribution in [-0.2, 0) is 6.54 Å². The van der Waals surface area contributed by atoms with Crippen LogP contribution in [0.3, 0.4) is 0 Å². The Morgan fingerprint density at radius 3 is 2.83 bits per heavy atom. The van der Waals surface area contributed by atoms with Gasteiger partial charge in [-0.1, -0.05) is 24.3 Å². The Hall–Kier alpha value is -3.15. The fraction of sp³-hybridized carbons (Fsp3) is 0.118. The van der Waals surface area contributed by atoms with Crippen LogP contribution in [0.5, 0.6) is 0 Å². The Balaban J connectivity index is 1.64. The molecule has 2 N–H and O–H groups in total. The summed E-state index contributed by atoms with van der Waals surface area (Å²) in [7, 11) is 0. The second kappa shape index (κ2) is 6.74. The maximum Gasteiger partial charge on any atom is 0.320 e. The first-order chi connectivity index (χ1) is 11.2.